The van der Waals surface area contributed by atoms with Gasteiger partial charge in [0.15, 0.2) is 11.5 Å². The molecule has 0 bridgehead atoms. The van der Waals surface area contributed by atoms with Crippen LogP contribution in [0.25, 0.3) is 0 Å². The lowest BCUT2D eigenvalue weighted by molar-refractivity contribution is 0.192. The zero-order valence-electron chi connectivity index (χ0n) is 11.7. The van der Waals surface area contributed by atoms with E-state index in [4.69, 9.17) is 16.3 Å². The van der Waals surface area contributed by atoms with Gasteiger partial charge in [-0.1, -0.05) is 18.0 Å². The van der Waals surface area contributed by atoms with Gasteiger partial charge in [-0.05, 0) is 37.3 Å². The Hall–Kier alpha value is -0.970. The highest BCUT2D eigenvalue weighted by atomic mass is 35.5. The summed E-state index contributed by atoms with van der Waals surface area (Å²) in [7, 11) is 1.51. The molecule has 5 heteroatoms. The van der Waals surface area contributed by atoms with E-state index in [1.807, 2.05) is 0 Å². The quantitative estimate of drug-likeness (QED) is 0.755. The first kappa shape index (κ1) is 15.4. The molecule has 20 heavy (non-hydrogen) atoms. The molecule has 0 saturated heterocycles. The number of aromatic hydroxyl groups is 1. The molecule has 0 heterocycles. The molecule has 1 saturated carbocycles. The van der Waals surface area contributed by atoms with E-state index in [0.717, 1.165) is 24.9 Å². The average molecular weight is 300 g/mol. The predicted molar refractivity (Wildman–Crippen MR) is 79.3 cm³/mol. The zero-order chi connectivity index (χ0) is 14.5. The Kier molecular flexibility index (Phi) is 5.52. The molecule has 1 fully saturated rings. The van der Waals surface area contributed by atoms with Crippen LogP contribution < -0.4 is 10.1 Å². The summed E-state index contributed by atoms with van der Waals surface area (Å²) in [5.41, 5.74) is 0.730. The second-order valence-electron chi connectivity index (χ2n) is 5.38. The molecule has 112 valence electrons. The van der Waals surface area contributed by atoms with Crippen LogP contribution in [0.1, 0.15) is 24.8 Å². The van der Waals surface area contributed by atoms with Crippen LogP contribution in [-0.2, 0) is 6.54 Å². The number of nitrogens with one attached hydrogen (secondary N) is 1. The van der Waals surface area contributed by atoms with Crippen LogP contribution in [0.2, 0.25) is 5.02 Å². The van der Waals surface area contributed by atoms with Crippen molar-refractivity contribution in [2.24, 2.45) is 11.8 Å². The molecule has 3 N–H and O–H groups in total. The Morgan fingerprint density at radius 3 is 2.80 bits per heavy atom. The fourth-order valence-electron chi connectivity index (χ4n) is 2.93. The van der Waals surface area contributed by atoms with Crippen molar-refractivity contribution in [2.75, 3.05) is 20.3 Å². The van der Waals surface area contributed by atoms with Crippen LogP contribution in [0, 0.1) is 11.8 Å². The summed E-state index contributed by atoms with van der Waals surface area (Å²) in [6, 6.07) is 3.34. The van der Waals surface area contributed by atoms with Gasteiger partial charge in [0.25, 0.3) is 0 Å². The zero-order valence-corrected chi connectivity index (χ0v) is 12.5. The number of rotatable bonds is 6. The van der Waals surface area contributed by atoms with Crippen molar-refractivity contribution in [3.05, 3.63) is 22.7 Å². The number of methoxy groups -OCH3 is 1. The summed E-state index contributed by atoms with van der Waals surface area (Å²) < 4.78 is 5.09. The van der Waals surface area contributed by atoms with Gasteiger partial charge in [-0.2, -0.15) is 0 Å². The fourth-order valence-corrected chi connectivity index (χ4v) is 3.16. The normalized spacial score (nSPS) is 22.1. The van der Waals surface area contributed by atoms with Crippen molar-refractivity contribution in [3.63, 3.8) is 0 Å². The Balaban J connectivity index is 1.92. The first-order valence-corrected chi connectivity index (χ1v) is 7.40. The molecule has 0 radical (unpaired) electrons. The maximum atomic E-state index is 10.0. The third-order valence-corrected chi connectivity index (χ3v) is 4.33. The summed E-state index contributed by atoms with van der Waals surface area (Å²) in [6.07, 6.45) is 3.45. The molecular formula is C15H22ClNO3. The van der Waals surface area contributed by atoms with Crippen molar-refractivity contribution in [3.8, 4) is 11.5 Å². The number of hydrogen-bond acceptors (Lipinski definition) is 4. The molecule has 4 nitrogen and oxygen atoms in total. The molecule has 0 spiro atoms. The monoisotopic (exact) mass is 299 g/mol. The molecule has 1 aliphatic rings. The third kappa shape index (κ3) is 3.57. The number of ether oxygens (including phenoxy) is 1. The van der Waals surface area contributed by atoms with E-state index in [2.05, 4.69) is 5.32 Å². The van der Waals surface area contributed by atoms with E-state index in [9.17, 15) is 10.2 Å². The average Bonchev–Trinajstić information content (AvgIpc) is 2.89. The number of benzene rings is 1. The second kappa shape index (κ2) is 7.16. The van der Waals surface area contributed by atoms with Crippen molar-refractivity contribution in [2.45, 2.75) is 25.8 Å². The van der Waals surface area contributed by atoms with Crippen LogP contribution in [0.4, 0.5) is 0 Å². The summed E-state index contributed by atoms with van der Waals surface area (Å²) in [6.45, 7) is 1.65. The molecule has 2 rings (SSSR count). The third-order valence-electron chi connectivity index (χ3n) is 4.11. The number of halogens is 1. The minimum atomic E-state index is 0.134. The molecule has 1 aromatic rings. The molecule has 0 aromatic heterocycles. The Labute approximate surface area is 124 Å². The topological polar surface area (TPSA) is 61.7 Å². The van der Waals surface area contributed by atoms with E-state index in [1.54, 1.807) is 12.1 Å². The molecule has 1 aliphatic carbocycles. The molecule has 1 aromatic carbocycles. The molecular weight excluding hydrogens is 278 g/mol. The molecule has 2 unspecified atom stereocenters. The number of phenols is 1. The fraction of sp³-hybridized carbons (Fsp3) is 0.600. The van der Waals surface area contributed by atoms with Gasteiger partial charge in [-0.15, -0.1) is 0 Å². The van der Waals surface area contributed by atoms with Gasteiger partial charge in [-0.25, -0.2) is 0 Å². The summed E-state index contributed by atoms with van der Waals surface area (Å²) >= 11 is 6.00. The van der Waals surface area contributed by atoms with Crippen LogP contribution in [0.3, 0.4) is 0 Å². The Bertz CT molecular complexity index is 453. The van der Waals surface area contributed by atoms with Gasteiger partial charge >= 0.3 is 0 Å². The standard InChI is InChI=1S/C15H22ClNO3/c1-20-14-6-13(16)5-12(15(14)19)8-17-7-10-3-2-4-11(10)9-18/h5-6,10-11,17-19H,2-4,7-9H2,1H3. The van der Waals surface area contributed by atoms with Gasteiger partial charge in [0.05, 0.1) is 7.11 Å². The van der Waals surface area contributed by atoms with Crippen molar-refractivity contribution < 1.29 is 14.9 Å². The second-order valence-corrected chi connectivity index (χ2v) is 5.82. The lowest BCUT2D eigenvalue weighted by Crippen LogP contribution is -2.26. The molecule has 2 atom stereocenters. The lowest BCUT2D eigenvalue weighted by atomic mass is 9.97. The first-order valence-electron chi connectivity index (χ1n) is 7.02. The summed E-state index contributed by atoms with van der Waals surface area (Å²) in [5.74, 6) is 1.45. The maximum absolute atomic E-state index is 10.0. The minimum absolute atomic E-state index is 0.134. The van der Waals surface area contributed by atoms with Crippen LogP contribution >= 0.6 is 11.6 Å². The van der Waals surface area contributed by atoms with Crippen LogP contribution in [0.5, 0.6) is 11.5 Å². The maximum Gasteiger partial charge on any atom is 0.162 e. The largest absolute Gasteiger partial charge is 0.504 e. The molecule has 0 aliphatic heterocycles. The van der Waals surface area contributed by atoms with E-state index < -0.39 is 0 Å². The SMILES string of the molecule is COc1cc(Cl)cc(CNCC2CCCC2CO)c1O. The van der Waals surface area contributed by atoms with Gasteiger partial charge in [0, 0.05) is 29.8 Å². The smallest absolute Gasteiger partial charge is 0.162 e. The van der Waals surface area contributed by atoms with Gasteiger partial charge in [0.2, 0.25) is 0 Å². The van der Waals surface area contributed by atoms with Crippen LogP contribution in [0.15, 0.2) is 12.1 Å². The van der Waals surface area contributed by atoms with Crippen molar-refractivity contribution >= 4 is 11.6 Å². The van der Waals surface area contributed by atoms with Crippen molar-refractivity contribution in [1.29, 1.82) is 0 Å². The first-order chi connectivity index (χ1) is 9.65. The molecule has 0 amide bonds. The highest BCUT2D eigenvalue weighted by Gasteiger charge is 2.26. The number of aliphatic hydroxyl groups excluding tert-OH is 1. The number of phenolic OH excluding ortho intramolecular Hbond substituents is 1. The lowest BCUT2D eigenvalue weighted by Gasteiger charge is -2.18. The minimum Gasteiger partial charge on any atom is -0.504 e. The van der Waals surface area contributed by atoms with Gasteiger partial charge < -0.3 is 20.3 Å². The summed E-state index contributed by atoms with van der Waals surface area (Å²) in [4.78, 5) is 0. The van der Waals surface area contributed by atoms with Gasteiger partial charge in [-0.3, -0.25) is 0 Å². The van der Waals surface area contributed by atoms with Gasteiger partial charge in [0.1, 0.15) is 0 Å². The summed E-state index contributed by atoms with van der Waals surface area (Å²) in [5, 5.41) is 23.2. The predicted octanol–water partition coefficient (Wildman–Crippen LogP) is 2.55. The Morgan fingerprint density at radius 1 is 1.35 bits per heavy atom. The van der Waals surface area contributed by atoms with Crippen molar-refractivity contribution in [1.82, 2.24) is 5.32 Å². The highest BCUT2D eigenvalue weighted by molar-refractivity contribution is 6.30. The van der Waals surface area contributed by atoms with E-state index in [0.29, 0.717) is 29.2 Å². The Morgan fingerprint density at radius 2 is 2.10 bits per heavy atom. The highest BCUT2D eigenvalue weighted by Crippen LogP contribution is 2.34. The van der Waals surface area contributed by atoms with E-state index in [-0.39, 0.29) is 12.4 Å². The van der Waals surface area contributed by atoms with Crippen LogP contribution in [-0.4, -0.2) is 30.5 Å². The van der Waals surface area contributed by atoms with E-state index >= 15 is 0 Å². The van der Waals surface area contributed by atoms with E-state index in [1.165, 1.54) is 13.5 Å². The number of hydrogen-bond donors (Lipinski definition) is 3. The number of aliphatic hydroxyl groups is 1.